The Morgan fingerprint density at radius 2 is 0.692 bits per heavy atom. The summed E-state index contributed by atoms with van der Waals surface area (Å²) in [7, 11) is 0. The smallest absolute Gasteiger partial charge is 0 e. The Labute approximate surface area is 104 Å². The first-order valence-corrected chi connectivity index (χ1v) is 5.91. The van der Waals surface area contributed by atoms with Gasteiger partial charge < -0.3 is 0 Å². The van der Waals surface area contributed by atoms with Crippen molar-refractivity contribution in [2.75, 3.05) is 0 Å². The first-order valence-electron chi connectivity index (χ1n) is 5.91. The number of rotatable bonds is 9. The van der Waals surface area contributed by atoms with Crippen LogP contribution in [0.1, 0.15) is 78.1 Å². The van der Waals surface area contributed by atoms with Crippen molar-refractivity contribution in [1.82, 2.24) is 0 Å². The van der Waals surface area contributed by atoms with E-state index in [-0.39, 0.29) is 26.2 Å². The second kappa shape index (κ2) is 15.4. The second-order valence-corrected chi connectivity index (χ2v) is 3.83. The molecule has 0 saturated heterocycles. The molecule has 0 heterocycles. The van der Waals surface area contributed by atoms with Gasteiger partial charge in [0.25, 0.3) is 0 Å². The van der Waals surface area contributed by atoms with Gasteiger partial charge in [0.15, 0.2) is 0 Å². The average molecular weight is 262 g/mol. The molecule has 0 aliphatic carbocycles. The molecule has 0 nitrogen and oxygen atoms in total. The van der Waals surface area contributed by atoms with Crippen molar-refractivity contribution in [2.24, 2.45) is 0 Å². The van der Waals surface area contributed by atoms with Gasteiger partial charge in [-0.25, -0.2) is 0 Å². The molecule has 0 fully saturated rings. The summed E-state index contributed by atoms with van der Waals surface area (Å²) in [5.74, 6) is 0. The summed E-state index contributed by atoms with van der Waals surface area (Å²) >= 11 is 0. The van der Waals surface area contributed by atoms with Crippen LogP contribution in [0.2, 0.25) is 0 Å². The molecule has 1 heteroatoms. The van der Waals surface area contributed by atoms with Gasteiger partial charge in [0, 0.05) is 26.2 Å². The van der Waals surface area contributed by atoms with Gasteiger partial charge in [-0.2, -0.15) is 0 Å². The summed E-state index contributed by atoms with van der Waals surface area (Å²) in [4.78, 5) is 0. The number of hydrogen-bond acceptors (Lipinski definition) is 0. The fourth-order valence-electron chi connectivity index (χ4n) is 1.56. The molecule has 78 valence electrons. The zero-order chi connectivity index (χ0) is 9.07. The Hall–Kier alpha value is 0.883. The predicted molar refractivity (Wildman–Crippen MR) is 57.5 cm³/mol. The normalized spacial score (nSPS) is 9.69. The van der Waals surface area contributed by atoms with E-state index in [1.54, 1.807) is 0 Å². The van der Waals surface area contributed by atoms with Crippen molar-refractivity contribution in [3.63, 3.8) is 0 Å². The van der Waals surface area contributed by atoms with E-state index in [1.807, 2.05) is 0 Å². The van der Waals surface area contributed by atoms with Gasteiger partial charge in [-0.1, -0.05) is 78.1 Å². The molecule has 13 heavy (non-hydrogen) atoms. The maximum atomic E-state index is 2.28. The van der Waals surface area contributed by atoms with Crippen LogP contribution in [0.4, 0.5) is 0 Å². The van der Waals surface area contributed by atoms with E-state index >= 15 is 0 Å². The van der Waals surface area contributed by atoms with Crippen LogP contribution in [0.5, 0.6) is 0 Å². The summed E-state index contributed by atoms with van der Waals surface area (Å²) in [6.07, 6.45) is 14.4. The molecule has 0 rings (SSSR count). The van der Waals surface area contributed by atoms with Gasteiger partial charge in [-0.3, -0.25) is 0 Å². The van der Waals surface area contributed by atoms with Gasteiger partial charge in [-0.05, 0) is 0 Å². The molecule has 0 amide bonds. The standard InChI is InChI=1S/C12H26.Zr/c1-3-5-7-9-11-12-10-8-6-4-2;/h3-12H2,1-2H3;. The monoisotopic (exact) mass is 260 g/mol. The van der Waals surface area contributed by atoms with Crippen molar-refractivity contribution >= 4 is 0 Å². The van der Waals surface area contributed by atoms with Crippen molar-refractivity contribution in [3.05, 3.63) is 0 Å². The molecular weight excluding hydrogens is 235 g/mol. The molecule has 0 spiro atoms. The maximum Gasteiger partial charge on any atom is 0 e. The summed E-state index contributed by atoms with van der Waals surface area (Å²) in [5.41, 5.74) is 0. The van der Waals surface area contributed by atoms with E-state index < -0.39 is 0 Å². The molecule has 0 aromatic heterocycles. The van der Waals surface area contributed by atoms with Crippen LogP contribution in [-0.4, -0.2) is 0 Å². The second-order valence-electron chi connectivity index (χ2n) is 3.83. The maximum absolute atomic E-state index is 2.28. The third-order valence-corrected chi connectivity index (χ3v) is 2.46. The van der Waals surface area contributed by atoms with Gasteiger partial charge >= 0.3 is 0 Å². The minimum Gasteiger partial charge on any atom is -0.0654 e. The van der Waals surface area contributed by atoms with E-state index in [0.29, 0.717) is 0 Å². The Kier molecular flexibility index (Phi) is 19.3. The summed E-state index contributed by atoms with van der Waals surface area (Å²) in [6.45, 7) is 4.56. The molecule has 0 N–H and O–H groups in total. The van der Waals surface area contributed by atoms with Crippen LogP contribution in [0.25, 0.3) is 0 Å². The average Bonchev–Trinajstić information content (AvgIpc) is 2.10. The fourth-order valence-corrected chi connectivity index (χ4v) is 1.56. The molecule has 0 aromatic carbocycles. The fraction of sp³-hybridized carbons (Fsp3) is 1.00. The topological polar surface area (TPSA) is 0 Å². The van der Waals surface area contributed by atoms with E-state index in [4.69, 9.17) is 0 Å². The largest absolute Gasteiger partial charge is 0.0654 e. The molecule has 0 bridgehead atoms. The molecular formula is C12H26Zr. The van der Waals surface area contributed by atoms with E-state index in [0.717, 1.165) is 0 Å². The Morgan fingerprint density at radius 1 is 0.462 bits per heavy atom. The van der Waals surface area contributed by atoms with Gasteiger partial charge in [0.2, 0.25) is 0 Å². The van der Waals surface area contributed by atoms with Crippen LogP contribution in [-0.2, 0) is 26.2 Å². The number of unbranched alkanes of at least 4 members (excludes halogenated alkanes) is 9. The summed E-state index contributed by atoms with van der Waals surface area (Å²) in [6, 6.07) is 0. The van der Waals surface area contributed by atoms with Crippen LogP contribution in [0, 0.1) is 0 Å². The minimum absolute atomic E-state index is 0. The van der Waals surface area contributed by atoms with Crippen LogP contribution < -0.4 is 0 Å². The molecule has 0 aromatic rings. The zero-order valence-corrected chi connectivity index (χ0v) is 12.0. The van der Waals surface area contributed by atoms with Crippen molar-refractivity contribution in [3.8, 4) is 0 Å². The van der Waals surface area contributed by atoms with Crippen molar-refractivity contribution in [1.29, 1.82) is 0 Å². The molecule has 0 atom stereocenters. The van der Waals surface area contributed by atoms with Crippen LogP contribution in [0.3, 0.4) is 0 Å². The van der Waals surface area contributed by atoms with Gasteiger partial charge in [-0.15, -0.1) is 0 Å². The van der Waals surface area contributed by atoms with E-state index in [1.165, 1.54) is 64.2 Å². The Morgan fingerprint density at radius 3 is 0.923 bits per heavy atom. The molecule has 0 aliphatic heterocycles. The van der Waals surface area contributed by atoms with Crippen LogP contribution >= 0.6 is 0 Å². The van der Waals surface area contributed by atoms with E-state index in [2.05, 4.69) is 13.8 Å². The van der Waals surface area contributed by atoms with Crippen molar-refractivity contribution in [2.45, 2.75) is 78.1 Å². The quantitative estimate of drug-likeness (QED) is 0.517. The summed E-state index contributed by atoms with van der Waals surface area (Å²) in [5, 5.41) is 0. The molecule has 0 unspecified atom stereocenters. The Bertz CT molecular complexity index is 61.5. The molecule has 0 radical (unpaired) electrons. The summed E-state index contributed by atoms with van der Waals surface area (Å²) < 4.78 is 0. The van der Waals surface area contributed by atoms with Crippen molar-refractivity contribution < 1.29 is 26.2 Å². The number of hydrogen-bond donors (Lipinski definition) is 0. The minimum atomic E-state index is 0. The third kappa shape index (κ3) is 15.6. The zero-order valence-electron chi connectivity index (χ0n) is 9.57. The van der Waals surface area contributed by atoms with Gasteiger partial charge in [0.1, 0.15) is 0 Å². The first kappa shape index (κ1) is 16.3. The first-order chi connectivity index (χ1) is 5.91. The van der Waals surface area contributed by atoms with E-state index in [9.17, 15) is 0 Å². The third-order valence-electron chi connectivity index (χ3n) is 2.46. The predicted octanol–water partition coefficient (Wildman–Crippen LogP) is 4.92. The molecule has 0 aliphatic rings. The molecule has 0 saturated carbocycles. The Balaban J connectivity index is 0. The SMILES string of the molecule is CCCCCCCCCCCC.[Zr]. The van der Waals surface area contributed by atoms with Crippen LogP contribution in [0.15, 0.2) is 0 Å². The van der Waals surface area contributed by atoms with Gasteiger partial charge in [0.05, 0.1) is 0 Å².